The second-order valence-electron chi connectivity index (χ2n) is 10.1. The van der Waals surface area contributed by atoms with Gasteiger partial charge in [0.25, 0.3) is 0 Å². The number of carbonyl (C=O) groups is 2. The molecule has 6 heteroatoms. The largest absolute Gasteiger partial charge is 0.508 e. The van der Waals surface area contributed by atoms with Crippen molar-refractivity contribution in [3.63, 3.8) is 0 Å². The zero-order valence-electron chi connectivity index (χ0n) is 23.4. The Kier molecular flexibility index (Phi) is 7.88. The maximum absolute atomic E-state index is 12.7. The molecule has 0 radical (unpaired) electrons. The van der Waals surface area contributed by atoms with Crippen LogP contribution in [0.25, 0.3) is 33.4 Å². The first-order valence-corrected chi connectivity index (χ1v) is 13.9. The molecule has 0 saturated carbocycles. The fraction of sp³-hybridized carbons (Fsp3) is 0. The first-order chi connectivity index (χ1) is 21.4. The van der Waals surface area contributed by atoms with E-state index >= 15 is 0 Å². The number of hydrogen-bond donors (Lipinski definition) is 2. The fourth-order valence-corrected chi connectivity index (χ4v) is 4.67. The lowest BCUT2D eigenvalue weighted by Crippen LogP contribution is -2.08. The Morgan fingerprint density at radius 1 is 0.341 bits per heavy atom. The molecule has 0 aromatic heterocycles. The number of hydrogen-bond acceptors (Lipinski definition) is 6. The van der Waals surface area contributed by atoms with Crippen LogP contribution >= 0.6 is 0 Å². The molecule has 0 unspecified atom stereocenters. The van der Waals surface area contributed by atoms with E-state index in [9.17, 15) is 19.8 Å². The average Bonchev–Trinajstić information content (AvgIpc) is 3.06. The van der Waals surface area contributed by atoms with Crippen LogP contribution in [0.5, 0.6) is 23.0 Å². The minimum Gasteiger partial charge on any atom is -0.508 e. The number of carbonyl (C=O) groups excluding carboxylic acids is 2. The summed E-state index contributed by atoms with van der Waals surface area (Å²) in [5.41, 5.74) is 6.34. The number of phenols is 2. The Bertz CT molecular complexity index is 1750. The Morgan fingerprint density at radius 3 is 0.841 bits per heavy atom. The molecular formula is C38H26O6. The lowest BCUT2D eigenvalue weighted by molar-refractivity contribution is 0.0725. The smallest absolute Gasteiger partial charge is 0.343 e. The van der Waals surface area contributed by atoms with Crippen LogP contribution in [0.3, 0.4) is 0 Å². The topological polar surface area (TPSA) is 93.1 Å². The van der Waals surface area contributed by atoms with Gasteiger partial charge in [0.15, 0.2) is 0 Å². The van der Waals surface area contributed by atoms with Gasteiger partial charge in [0.05, 0.1) is 11.1 Å². The van der Waals surface area contributed by atoms with Gasteiger partial charge in [-0.15, -0.1) is 0 Å². The highest BCUT2D eigenvalue weighted by atomic mass is 16.5. The van der Waals surface area contributed by atoms with Crippen LogP contribution < -0.4 is 9.47 Å². The summed E-state index contributed by atoms with van der Waals surface area (Å²) in [6.45, 7) is 0. The number of ether oxygens (including phenoxy) is 2. The van der Waals surface area contributed by atoms with E-state index < -0.39 is 11.9 Å². The molecule has 6 nitrogen and oxygen atoms in total. The van der Waals surface area contributed by atoms with E-state index in [4.69, 9.17) is 9.47 Å². The van der Waals surface area contributed by atoms with Crippen molar-refractivity contribution >= 4 is 11.9 Å². The van der Waals surface area contributed by atoms with Gasteiger partial charge in [-0.05, 0) is 106 Å². The number of rotatable bonds is 7. The molecule has 6 rings (SSSR count). The molecule has 0 atom stereocenters. The molecule has 0 aliphatic heterocycles. The SMILES string of the molecule is O=C(Oc1ccc(-c2ccc(O)cc2)cc1)c1ccc(-c2ccc(C(=O)Oc3ccc(-c4ccc(O)cc4)cc3)cc2)cc1. The highest BCUT2D eigenvalue weighted by molar-refractivity contribution is 5.93. The zero-order valence-corrected chi connectivity index (χ0v) is 23.4. The average molecular weight is 579 g/mol. The van der Waals surface area contributed by atoms with Crippen LogP contribution in [0.1, 0.15) is 20.7 Å². The summed E-state index contributed by atoms with van der Waals surface area (Å²) in [6, 6.07) is 42.2. The maximum atomic E-state index is 12.7. The number of aromatic hydroxyl groups is 2. The molecule has 0 amide bonds. The Balaban J connectivity index is 1.05. The van der Waals surface area contributed by atoms with Crippen LogP contribution in [0, 0.1) is 0 Å². The van der Waals surface area contributed by atoms with E-state index in [0.717, 1.165) is 33.4 Å². The van der Waals surface area contributed by atoms with Crippen LogP contribution in [0.15, 0.2) is 146 Å². The van der Waals surface area contributed by atoms with Gasteiger partial charge in [-0.2, -0.15) is 0 Å². The molecule has 0 aliphatic carbocycles. The third-order valence-corrected chi connectivity index (χ3v) is 7.11. The second kappa shape index (κ2) is 12.4. The van der Waals surface area contributed by atoms with Gasteiger partial charge < -0.3 is 19.7 Å². The van der Waals surface area contributed by atoms with Gasteiger partial charge >= 0.3 is 11.9 Å². The highest BCUT2D eigenvalue weighted by Gasteiger charge is 2.12. The number of phenolic OH excluding ortho intramolecular Hbond substituents is 2. The lowest BCUT2D eigenvalue weighted by atomic mass is 10.0. The molecule has 0 aliphatic rings. The summed E-state index contributed by atoms with van der Waals surface area (Å²) in [5.74, 6) is 0.323. The van der Waals surface area contributed by atoms with Crippen molar-refractivity contribution < 1.29 is 29.3 Å². The minimum atomic E-state index is -0.469. The summed E-state index contributed by atoms with van der Waals surface area (Å²) in [5, 5.41) is 18.9. The molecule has 0 saturated heterocycles. The van der Waals surface area contributed by atoms with Gasteiger partial charge in [-0.25, -0.2) is 9.59 Å². The quantitative estimate of drug-likeness (QED) is 0.146. The van der Waals surface area contributed by atoms with Crippen LogP contribution in [0.2, 0.25) is 0 Å². The first kappa shape index (κ1) is 28.0. The first-order valence-electron chi connectivity index (χ1n) is 13.9. The van der Waals surface area contributed by atoms with Crippen molar-refractivity contribution in [2.24, 2.45) is 0 Å². The van der Waals surface area contributed by atoms with E-state index in [2.05, 4.69) is 0 Å². The van der Waals surface area contributed by atoms with E-state index in [1.807, 2.05) is 72.8 Å². The molecule has 0 bridgehead atoms. The molecular weight excluding hydrogens is 552 g/mol. The maximum Gasteiger partial charge on any atom is 0.343 e. The fourth-order valence-electron chi connectivity index (χ4n) is 4.67. The van der Waals surface area contributed by atoms with E-state index in [1.165, 1.54) is 0 Å². The van der Waals surface area contributed by atoms with Gasteiger partial charge in [-0.3, -0.25) is 0 Å². The molecule has 6 aromatic rings. The monoisotopic (exact) mass is 578 g/mol. The van der Waals surface area contributed by atoms with Crippen LogP contribution in [-0.2, 0) is 0 Å². The predicted molar refractivity (Wildman–Crippen MR) is 169 cm³/mol. The summed E-state index contributed by atoms with van der Waals surface area (Å²) < 4.78 is 11.1. The van der Waals surface area contributed by atoms with E-state index in [1.54, 1.807) is 72.8 Å². The van der Waals surface area contributed by atoms with Gasteiger partial charge in [-0.1, -0.05) is 72.8 Å². The van der Waals surface area contributed by atoms with Gasteiger partial charge in [0.1, 0.15) is 23.0 Å². The van der Waals surface area contributed by atoms with Gasteiger partial charge in [0, 0.05) is 0 Å². The number of esters is 2. The van der Waals surface area contributed by atoms with Crippen molar-refractivity contribution in [3.8, 4) is 56.4 Å². The van der Waals surface area contributed by atoms with Gasteiger partial charge in [0.2, 0.25) is 0 Å². The molecule has 2 N–H and O–H groups in total. The Hall–Kier alpha value is -6.14. The summed E-state index contributed by atoms with van der Waals surface area (Å²) in [4.78, 5) is 25.4. The molecule has 0 spiro atoms. The van der Waals surface area contributed by atoms with Crippen molar-refractivity contribution in [2.75, 3.05) is 0 Å². The van der Waals surface area contributed by atoms with Crippen LogP contribution in [0.4, 0.5) is 0 Å². The third-order valence-electron chi connectivity index (χ3n) is 7.11. The Morgan fingerprint density at radius 2 is 0.568 bits per heavy atom. The molecule has 6 aromatic carbocycles. The molecule has 0 heterocycles. The lowest BCUT2D eigenvalue weighted by Gasteiger charge is -2.08. The zero-order chi connectivity index (χ0) is 30.5. The summed E-state index contributed by atoms with van der Waals surface area (Å²) in [6.07, 6.45) is 0. The van der Waals surface area contributed by atoms with E-state index in [0.29, 0.717) is 22.6 Å². The van der Waals surface area contributed by atoms with Crippen molar-refractivity contribution in [1.82, 2.24) is 0 Å². The van der Waals surface area contributed by atoms with E-state index in [-0.39, 0.29) is 11.5 Å². The molecule has 214 valence electrons. The third kappa shape index (κ3) is 6.50. The standard InChI is InChI=1S/C38H26O6/c39-33-17-9-27(10-18-33)29-13-21-35(22-14-29)43-37(41)31-5-1-25(2-6-31)26-3-7-32(8-4-26)38(42)44-36-23-15-30(16-24-36)28-11-19-34(40)20-12-28/h1-24,39-40H. The predicted octanol–water partition coefficient (Wildman–Crippen LogP) is 8.54. The van der Waals surface area contributed by atoms with Crippen molar-refractivity contribution in [1.29, 1.82) is 0 Å². The van der Waals surface area contributed by atoms with Crippen molar-refractivity contribution in [2.45, 2.75) is 0 Å². The number of benzene rings is 6. The molecule has 0 fully saturated rings. The summed E-state index contributed by atoms with van der Waals surface area (Å²) in [7, 11) is 0. The Labute approximate surface area is 254 Å². The minimum absolute atomic E-state index is 0.203. The highest BCUT2D eigenvalue weighted by Crippen LogP contribution is 2.27. The summed E-state index contributed by atoms with van der Waals surface area (Å²) >= 11 is 0. The molecule has 44 heavy (non-hydrogen) atoms. The van der Waals surface area contributed by atoms with Crippen LogP contribution in [-0.4, -0.2) is 22.2 Å². The van der Waals surface area contributed by atoms with Crippen molar-refractivity contribution in [3.05, 3.63) is 157 Å². The second-order valence-corrected chi connectivity index (χ2v) is 10.1. The normalized spacial score (nSPS) is 10.6.